The molecule has 0 N–H and O–H groups in total. The van der Waals surface area contributed by atoms with Crippen LogP contribution in [-0.4, -0.2) is 8.41 Å². The molecule has 0 bridgehead atoms. The lowest BCUT2D eigenvalue weighted by Crippen LogP contribution is -1.96. The Labute approximate surface area is 74.3 Å². The first-order valence-electron chi connectivity index (χ1n) is 3.29. The molecule has 2 nitrogen and oxygen atoms in total. The minimum absolute atomic E-state index is 0. The van der Waals surface area contributed by atoms with Crippen molar-refractivity contribution >= 4 is 28.0 Å². The molecule has 0 aliphatic heterocycles. The molecule has 0 spiro atoms. The van der Waals surface area contributed by atoms with E-state index < -0.39 is 0 Å². The molecular formula is C8H10BO2P. The van der Waals surface area contributed by atoms with Gasteiger partial charge in [0.25, 0.3) is 0 Å². The number of hydrogen-bond donors (Lipinski definition) is 0. The lowest BCUT2D eigenvalue weighted by atomic mass is 10.7. The average molecular weight is 180 g/mol. The lowest BCUT2D eigenvalue weighted by Gasteiger charge is -1.89. The summed E-state index contributed by atoms with van der Waals surface area (Å²) in [6.45, 7) is 0. The molecule has 2 rings (SSSR count). The predicted molar refractivity (Wildman–Crippen MR) is 54.9 cm³/mol. The highest BCUT2D eigenvalue weighted by Gasteiger charge is 1.99. The fourth-order valence-electron chi connectivity index (χ4n) is 0.821. The normalized spacial score (nSPS) is 9.33. The van der Waals surface area contributed by atoms with Crippen LogP contribution in [0.15, 0.2) is 45.6 Å². The van der Waals surface area contributed by atoms with Gasteiger partial charge in [-0.1, -0.05) is 0 Å². The van der Waals surface area contributed by atoms with Gasteiger partial charge in [-0.25, -0.2) is 0 Å². The standard InChI is InChI=1S/C8H7O2P.BH3/c1-3-7(9-5-1)11-8-4-2-6-10-8;/h1-6,11H;1H3. The van der Waals surface area contributed by atoms with Crippen LogP contribution in [0.4, 0.5) is 0 Å². The lowest BCUT2D eigenvalue weighted by molar-refractivity contribution is 0.595. The maximum Gasteiger partial charge on any atom is 0.130 e. The van der Waals surface area contributed by atoms with E-state index in [-0.39, 0.29) is 8.41 Å². The van der Waals surface area contributed by atoms with Gasteiger partial charge in [0.1, 0.15) is 11.0 Å². The van der Waals surface area contributed by atoms with E-state index in [1.165, 1.54) is 0 Å². The first-order valence-corrected chi connectivity index (χ1v) is 4.29. The summed E-state index contributed by atoms with van der Waals surface area (Å²) < 4.78 is 10.3. The van der Waals surface area contributed by atoms with E-state index in [1.807, 2.05) is 24.3 Å². The van der Waals surface area contributed by atoms with Gasteiger partial charge >= 0.3 is 0 Å². The van der Waals surface area contributed by atoms with Crippen molar-refractivity contribution in [3.8, 4) is 0 Å². The Kier molecular flexibility index (Phi) is 3.18. The molecule has 12 heavy (non-hydrogen) atoms. The highest BCUT2D eigenvalue weighted by molar-refractivity contribution is 7.54. The summed E-state index contributed by atoms with van der Waals surface area (Å²) >= 11 is 0. The van der Waals surface area contributed by atoms with Gasteiger partial charge < -0.3 is 8.83 Å². The smallest absolute Gasteiger partial charge is 0.130 e. The zero-order valence-electron chi connectivity index (χ0n) is 5.78. The van der Waals surface area contributed by atoms with Gasteiger partial charge in [-0.3, -0.25) is 0 Å². The summed E-state index contributed by atoms with van der Waals surface area (Å²) in [6.07, 6.45) is 3.34. The second-order valence-corrected chi connectivity index (χ2v) is 3.32. The number of furan rings is 2. The Morgan fingerprint density at radius 2 is 1.42 bits per heavy atom. The molecule has 0 amide bonds. The van der Waals surface area contributed by atoms with E-state index in [0.29, 0.717) is 8.58 Å². The van der Waals surface area contributed by atoms with Gasteiger partial charge in [0, 0.05) is 8.58 Å². The van der Waals surface area contributed by atoms with Gasteiger partial charge in [0.2, 0.25) is 0 Å². The van der Waals surface area contributed by atoms with Crippen molar-refractivity contribution in [2.75, 3.05) is 0 Å². The maximum absolute atomic E-state index is 5.16. The van der Waals surface area contributed by atoms with Crippen molar-refractivity contribution in [1.29, 1.82) is 0 Å². The Bertz CT molecular complexity index is 269. The van der Waals surface area contributed by atoms with Crippen LogP contribution < -0.4 is 11.0 Å². The quantitative estimate of drug-likeness (QED) is 0.491. The van der Waals surface area contributed by atoms with E-state index >= 15 is 0 Å². The van der Waals surface area contributed by atoms with Gasteiger partial charge in [0.05, 0.1) is 20.9 Å². The van der Waals surface area contributed by atoms with Crippen molar-refractivity contribution in [3.63, 3.8) is 0 Å². The largest absolute Gasteiger partial charge is 0.465 e. The van der Waals surface area contributed by atoms with Crippen LogP contribution >= 0.6 is 8.58 Å². The average Bonchev–Trinajstić information content (AvgIpc) is 2.60. The van der Waals surface area contributed by atoms with E-state index in [9.17, 15) is 0 Å². The highest BCUT2D eigenvalue weighted by Crippen LogP contribution is 2.09. The zero-order chi connectivity index (χ0) is 7.52. The molecule has 0 unspecified atom stereocenters. The molecule has 0 aliphatic rings. The molecule has 0 radical (unpaired) electrons. The van der Waals surface area contributed by atoms with E-state index in [2.05, 4.69) is 0 Å². The minimum atomic E-state index is 0. The van der Waals surface area contributed by atoms with Crippen molar-refractivity contribution < 1.29 is 8.83 Å². The molecule has 62 valence electrons. The fourth-order valence-corrected chi connectivity index (χ4v) is 1.68. The number of hydrogen-bond acceptors (Lipinski definition) is 2. The second kappa shape index (κ2) is 4.17. The molecule has 2 aromatic rings. The summed E-state index contributed by atoms with van der Waals surface area (Å²) in [4.78, 5) is 0. The summed E-state index contributed by atoms with van der Waals surface area (Å²) in [5.74, 6) is 0. The predicted octanol–water partition coefficient (Wildman–Crippen LogP) is 0.318. The third-order valence-corrected chi connectivity index (χ3v) is 2.35. The fraction of sp³-hybridized carbons (Fsp3) is 0. The summed E-state index contributed by atoms with van der Waals surface area (Å²) in [5, 5.41) is 0. The van der Waals surface area contributed by atoms with Crippen LogP contribution in [-0.2, 0) is 0 Å². The Balaban J connectivity index is 0.000000720. The molecule has 2 aromatic heterocycles. The molecular weight excluding hydrogens is 170 g/mol. The van der Waals surface area contributed by atoms with Crippen molar-refractivity contribution in [3.05, 3.63) is 36.8 Å². The third-order valence-electron chi connectivity index (χ3n) is 1.29. The topological polar surface area (TPSA) is 26.3 Å². The SMILES string of the molecule is B.c1coc(Pc2ccco2)c1. The van der Waals surface area contributed by atoms with Gasteiger partial charge in [0.15, 0.2) is 0 Å². The summed E-state index contributed by atoms with van der Waals surface area (Å²) in [7, 11) is 0.492. The van der Waals surface area contributed by atoms with Gasteiger partial charge in [-0.2, -0.15) is 0 Å². The van der Waals surface area contributed by atoms with Crippen molar-refractivity contribution in [1.82, 2.24) is 0 Å². The van der Waals surface area contributed by atoms with E-state index in [0.717, 1.165) is 11.0 Å². The van der Waals surface area contributed by atoms with Crippen LogP contribution in [0.1, 0.15) is 0 Å². The molecule has 2 heterocycles. The minimum Gasteiger partial charge on any atom is -0.465 e. The molecule has 0 saturated heterocycles. The van der Waals surface area contributed by atoms with Gasteiger partial charge in [-0.15, -0.1) is 0 Å². The summed E-state index contributed by atoms with van der Waals surface area (Å²) in [5.41, 5.74) is 1.92. The van der Waals surface area contributed by atoms with E-state index in [4.69, 9.17) is 8.83 Å². The third kappa shape index (κ3) is 2.02. The number of rotatable bonds is 2. The van der Waals surface area contributed by atoms with Crippen LogP contribution in [0.25, 0.3) is 0 Å². The van der Waals surface area contributed by atoms with Crippen molar-refractivity contribution in [2.24, 2.45) is 0 Å². The molecule has 0 atom stereocenters. The summed E-state index contributed by atoms with van der Waals surface area (Å²) in [6, 6.07) is 7.65. The Hall–Kier alpha value is -0.945. The molecule has 0 aromatic carbocycles. The van der Waals surface area contributed by atoms with Crippen LogP contribution in [0.3, 0.4) is 0 Å². The molecule has 0 fully saturated rings. The van der Waals surface area contributed by atoms with E-state index in [1.54, 1.807) is 12.5 Å². The second-order valence-electron chi connectivity index (χ2n) is 2.08. The van der Waals surface area contributed by atoms with Crippen LogP contribution in [0, 0.1) is 0 Å². The molecule has 0 saturated carbocycles. The van der Waals surface area contributed by atoms with Gasteiger partial charge in [-0.05, 0) is 24.3 Å². The zero-order valence-corrected chi connectivity index (χ0v) is 6.78. The first kappa shape index (κ1) is 9.15. The van der Waals surface area contributed by atoms with Crippen LogP contribution in [0.2, 0.25) is 0 Å². The molecule has 0 aliphatic carbocycles. The monoisotopic (exact) mass is 180 g/mol. The van der Waals surface area contributed by atoms with Crippen LogP contribution in [0.5, 0.6) is 0 Å². The highest BCUT2D eigenvalue weighted by atomic mass is 31.1. The Morgan fingerprint density at radius 3 is 1.75 bits per heavy atom. The first-order chi connectivity index (χ1) is 5.45. The maximum atomic E-state index is 5.16. The Morgan fingerprint density at radius 1 is 0.917 bits per heavy atom. The van der Waals surface area contributed by atoms with Crippen molar-refractivity contribution in [2.45, 2.75) is 0 Å². The molecule has 4 heteroatoms.